The smallest absolute Gasteiger partial charge is 0.244 e. The molecule has 180 valence electrons. The number of benzene rings is 2. The van der Waals surface area contributed by atoms with Gasteiger partial charge in [0, 0.05) is 18.1 Å². The van der Waals surface area contributed by atoms with E-state index in [4.69, 9.17) is 11.6 Å². The summed E-state index contributed by atoms with van der Waals surface area (Å²) < 4.78 is 39.1. The Balaban J connectivity index is 2.34. The zero-order valence-corrected chi connectivity index (χ0v) is 20.7. The van der Waals surface area contributed by atoms with Crippen LogP contribution in [-0.2, 0) is 26.2 Å². The quantitative estimate of drug-likeness (QED) is 0.544. The highest BCUT2D eigenvalue weighted by molar-refractivity contribution is 7.92. The van der Waals surface area contributed by atoms with Crippen LogP contribution < -0.4 is 9.62 Å². The van der Waals surface area contributed by atoms with Gasteiger partial charge in [-0.2, -0.15) is 0 Å². The van der Waals surface area contributed by atoms with E-state index in [1.54, 1.807) is 31.2 Å². The van der Waals surface area contributed by atoms with E-state index in [2.05, 4.69) is 5.32 Å². The minimum Gasteiger partial charge on any atom is -0.354 e. The molecule has 0 aliphatic rings. The topological polar surface area (TPSA) is 86.8 Å². The summed E-state index contributed by atoms with van der Waals surface area (Å²) in [6.45, 7) is 5.47. The molecular formula is C23H29ClFN3O4S. The third kappa shape index (κ3) is 8.01. The number of nitrogens with zero attached hydrogens (tertiary/aromatic N) is 2. The molecule has 0 fully saturated rings. The molecule has 0 unspecified atom stereocenters. The number of hydrogen-bond acceptors (Lipinski definition) is 4. The van der Waals surface area contributed by atoms with E-state index < -0.39 is 34.3 Å². The lowest BCUT2D eigenvalue weighted by molar-refractivity contribution is -0.139. The summed E-state index contributed by atoms with van der Waals surface area (Å²) in [5.41, 5.74) is 0.875. The summed E-state index contributed by atoms with van der Waals surface area (Å²) >= 11 is 5.95. The molecule has 33 heavy (non-hydrogen) atoms. The van der Waals surface area contributed by atoms with Crippen molar-refractivity contribution in [2.45, 2.75) is 33.4 Å². The number of hydrogen-bond donors (Lipinski definition) is 1. The Labute approximate surface area is 199 Å². The van der Waals surface area contributed by atoms with Crippen molar-refractivity contribution in [1.29, 1.82) is 0 Å². The first-order valence-corrected chi connectivity index (χ1v) is 12.7. The molecule has 2 aromatic rings. The van der Waals surface area contributed by atoms with Crippen LogP contribution in [-0.4, -0.2) is 50.5 Å². The van der Waals surface area contributed by atoms with E-state index in [9.17, 15) is 22.4 Å². The zero-order valence-electron chi connectivity index (χ0n) is 19.1. The van der Waals surface area contributed by atoms with E-state index in [1.165, 1.54) is 17.0 Å². The number of amides is 2. The Morgan fingerprint density at radius 2 is 1.61 bits per heavy atom. The molecule has 0 bridgehead atoms. The van der Waals surface area contributed by atoms with Crippen molar-refractivity contribution in [3.05, 3.63) is 64.9 Å². The standard InChI is InChI=1S/C23H29ClFN3O4S/c1-16(2)13-26-23(30)17(3)27(14-18-5-7-19(24)8-6-18)22(29)15-28(33(4,31)32)21-11-9-20(25)10-12-21/h5-12,16-17H,13-15H2,1-4H3,(H,26,30)/t17-/m0/s1. The lowest BCUT2D eigenvalue weighted by atomic mass is 10.1. The molecule has 0 aliphatic heterocycles. The highest BCUT2D eigenvalue weighted by Gasteiger charge is 2.30. The van der Waals surface area contributed by atoms with Gasteiger partial charge in [-0.1, -0.05) is 37.6 Å². The van der Waals surface area contributed by atoms with Gasteiger partial charge in [-0.3, -0.25) is 13.9 Å². The van der Waals surface area contributed by atoms with Gasteiger partial charge in [-0.05, 0) is 54.8 Å². The van der Waals surface area contributed by atoms with Crippen molar-refractivity contribution in [3.8, 4) is 0 Å². The molecule has 0 saturated heterocycles. The van der Waals surface area contributed by atoms with E-state index in [0.29, 0.717) is 11.6 Å². The first-order chi connectivity index (χ1) is 15.4. The summed E-state index contributed by atoms with van der Waals surface area (Å²) in [4.78, 5) is 27.4. The molecule has 0 spiro atoms. The van der Waals surface area contributed by atoms with Crippen molar-refractivity contribution < 1.29 is 22.4 Å². The molecule has 10 heteroatoms. The Kier molecular flexibility index (Phi) is 9.25. The van der Waals surface area contributed by atoms with Gasteiger partial charge in [0.05, 0.1) is 11.9 Å². The van der Waals surface area contributed by atoms with Crippen molar-refractivity contribution in [2.75, 3.05) is 23.7 Å². The summed E-state index contributed by atoms with van der Waals surface area (Å²) in [7, 11) is -3.86. The molecule has 0 heterocycles. The predicted molar refractivity (Wildman–Crippen MR) is 128 cm³/mol. The van der Waals surface area contributed by atoms with Crippen molar-refractivity contribution in [1.82, 2.24) is 10.2 Å². The summed E-state index contributed by atoms with van der Waals surface area (Å²) in [5.74, 6) is -1.23. The van der Waals surface area contributed by atoms with Crippen molar-refractivity contribution >= 4 is 39.1 Å². The molecule has 0 saturated carbocycles. The second kappa shape index (κ2) is 11.5. The number of carbonyl (C=O) groups is 2. The molecular weight excluding hydrogens is 469 g/mol. The van der Waals surface area contributed by atoms with Crippen LogP contribution in [0, 0.1) is 11.7 Å². The first-order valence-electron chi connectivity index (χ1n) is 10.4. The summed E-state index contributed by atoms with van der Waals surface area (Å²) in [6, 6.07) is 10.7. The Hall–Kier alpha value is -2.65. The maximum Gasteiger partial charge on any atom is 0.244 e. The Morgan fingerprint density at radius 1 is 1.03 bits per heavy atom. The fraction of sp³-hybridized carbons (Fsp3) is 0.391. The molecule has 0 aromatic heterocycles. The van der Waals surface area contributed by atoms with Crippen LogP contribution in [0.5, 0.6) is 0 Å². The van der Waals surface area contributed by atoms with Crippen molar-refractivity contribution in [3.63, 3.8) is 0 Å². The average Bonchev–Trinajstić information content (AvgIpc) is 2.74. The highest BCUT2D eigenvalue weighted by atomic mass is 35.5. The van der Waals surface area contributed by atoms with Crippen LogP contribution in [0.3, 0.4) is 0 Å². The van der Waals surface area contributed by atoms with E-state index in [0.717, 1.165) is 28.3 Å². The van der Waals surface area contributed by atoms with Gasteiger partial charge < -0.3 is 10.2 Å². The number of anilines is 1. The first kappa shape index (κ1) is 26.6. The second-order valence-corrected chi connectivity index (χ2v) is 10.6. The van der Waals surface area contributed by atoms with Gasteiger partial charge in [-0.25, -0.2) is 12.8 Å². The average molecular weight is 498 g/mol. The maximum absolute atomic E-state index is 13.3. The molecule has 2 aromatic carbocycles. The number of nitrogens with one attached hydrogen (secondary N) is 1. The number of rotatable bonds is 10. The van der Waals surface area contributed by atoms with Crippen LogP contribution in [0.2, 0.25) is 5.02 Å². The lowest BCUT2D eigenvalue weighted by Crippen LogP contribution is -2.51. The van der Waals surface area contributed by atoms with Gasteiger partial charge in [0.1, 0.15) is 18.4 Å². The van der Waals surface area contributed by atoms with Crippen molar-refractivity contribution in [2.24, 2.45) is 5.92 Å². The van der Waals surface area contributed by atoms with E-state index in [1.807, 2.05) is 13.8 Å². The van der Waals surface area contributed by atoms with Gasteiger partial charge in [0.15, 0.2) is 0 Å². The largest absolute Gasteiger partial charge is 0.354 e. The molecule has 2 rings (SSSR count). The summed E-state index contributed by atoms with van der Waals surface area (Å²) in [5, 5.41) is 3.33. The molecule has 1 atom stereocenters. The Morgan fingerprint density at radius 3 is 2.12 bits per heavy atom. The van der Waals surface area contributed by atoms with E-state index in [-0.39, 0.29) is 24.1 Å². The van der Waals surface area contributed by atoms with Crippen LogP contribution in [0.4, 0.5) is 10.1 Å². The normalized spacial score (nSPS) is 12.3. The predicted octanol–water partition coefficient (Wildman–Crippen LogP) is 3.43. The molecule has 1 N–H and O–H groups in total. The number of sulfonamides is 1. The second-order valence-electron chi connectivity index (χ2n) is 8.21. The molecule has 7 nitrogen and oxygen atoms in total. The fourth-order valence-corrected chi connectivity index (χ4v) is 4.02. The number of carbonyl (C=O) groups excluding carboxylic acids is 2. The zero-order chi connectivity index (χ0) is 24.8. The van der Waals surface area contributed by atoms with Gasteiger partial charge in [-0.15, -0.1) is 0 Å². The van der Waals surface area contributed by atoms with Crippen LogP contribution in [0.25, 0.3) is 0 Å². The lowest BCUT2D eigenvalue weighted by Gasteiger charge is -2.31. The monoisotopic (exact) mass is 497 g/mol. The van der Waals surface area contributed by atoms with Crippen LogP contribution >= 0.6 is 11.6 Å². The molecule has 2 amide bonds. The van der Waals surface area contributed by atoms with Crippen LogP contribution in [0.1, 0.15) is 26.3 Å². The minimum atomic E-state index is -3.86. The van der Waals surface area contributed by atoms with E-state index >= 15 is 0 Å². The van der Waals surface area contributed by atoms with Gasteiger partial charge in [0.25, 0.3) is 0 Å². The Bertz CT molecular complexity index is 1060. The number of halogens is 2. The highest BCUT2D eigenvalue weighted by Crippen LogP contribution is 2.20. The van der Waals surface area contributed by atoms with Gasteiger partial charge in [0.2, 0.25) is 21.8 Å². The SMILES string of the molecule is CC(C)CNC(=O)[C@H](C)N(Cc1ccc(Cl)cc1)C(=O)CN(c1ccc(F)cc1)S(C)(=O)=O. The van der Waals surface area contributed by atoms with Crippen LogP contribution in [0.15, 0.2) is 48.5 Å². The maximum atomic E-state index is 13.3. The third-order valence-corrected chi connectivity index (χ3v) is 6.30. The fourth-order valence-electron chi connectivity index (χ4n) is 3.04. The molecule has 0 radical (unpaired) electrons. The third-order valence-electron chi connectivity index (χ3n) is 4.91. The van der Waals surface area contributed by atoms with Gasteiger partial charge >= 0.3 is 0 Å². The minimum absolute atomic E-state index is 0.0767. The molecule has 0 aliphatic carbocycles. The summed E-state index contributed by atoms with van der Waals surface area (Å²) in [6.07, 6.45) is 0.964.